The van der Waals surface area contributed by atoms with Crippen LogP contribution >= 0.6 is 15.9 Å². The lowest BCUT2D eigenvalue weighted by atomic mass is 10.0. The van der Waals surface area contributed by atoms with Crippen molar-refractivity contribution in [3.63, 3.8) is 0 Å². The van der Waals surface area contributed by atoms with Crippen LogP contribution in [0.15, 0.2) is 40.9 Å². The van der Waals surface area contributed by atoms with E-state index in [0.29, 0.717) is 17.9 Å². The molecule has 1 atom stereocenters. The second kappa shape index (κ2) is 6.33. The number of hydrogen-bond acceptors (Lipinski definition) is 2. The van der Waals surface area contributed by atoms with Crippen LogP contribution in [-0.2, 0) is 0 Å². The molecule has 1 unspecified atom stereocenters. The van der Waals surface area contributed by atoms with Gasteiger partial charge in [-0.05, 0) is 36.8 Å². The molecule has 2 aromatic rings. The van der Waals surface area contributed by atoms with E-state index in [1.54, 1.807) is 24.3 Å². The monoisotopic (exact) mass is 342 g/mol. The standard InChI is InChI=1S/C15H13BrF2O2/c1-2-20-11-5-3-4-9(6-11)15(19)14-12(17)7-10(16)8-13(14)18/h3-8,15,19H,2H2,1H3. The molecule has 0 bridgehead atoms. The summed E-state index contributed by atoms with van der Waals surface area (Å²) in [6.07, 6.45) is -1.39. The highest BCUT2D eigenvalue weighted by atomic mass is 79.9. The van der Waals surface area contributed by atoms with Crippen LogP contribution in [-0.4, -0.2) is 11.7 Å². The zero-order chi connectivity index (χ0) is 14.7. The maximum Gasteiger partial charge on any atom is 0.133 e. The molecule has 2 rings (SSSR count). The van der Waals surface area contributed by atoms with Crippen LogP contribution in [0, 0.1) is 11.6 Å². The van der Waals surface area contributed by atoms with Gasteiger partial charge >= 0.3 is 0 Å². The third kappa shape index (κ3) is 3.16. The van der Waals surface area contributed by atoms with Crippen molar-refractivity contribution in [2.45, 2.75) is 13.0 Å². The van der Waals surface area contributed by atoms with E-state index in [-0.39, 0.29) is 10.0 Å². The molecule has 0 fully saturated rings. The molecule has 0 spiro atoms. The van der Waals surface area contributed by atoms with E-state index in [0.717, 1.165) is 12.1 Å². The topological polar surface area (TPSA) is 29.5 Å². The summed E-state index contributed by atoms with van der Waals surface area (Å²) < 4.78 is 33.3. The molecule has 0 amide bonds. The van der Waals surface area contributed by atoms with Crippen LogP contribution in [0.4, 0.5) is 8.78 Å². The second-order valence-electron chi connectivity index (χ2n) is 4.19. The van der Waals surface area contributed by atoms with Gasteiger partial charge in [-0.25, -0.2) is 8.78 Å². The molecule has 1 N–H and O–H groups in total. The molecule has 5 heteroatoms. The third-order valence-corrected chi connectivity index (χ3v) is 3.26. The zero-order valence-corrected chi connectivity index (χ0v) is 12.3. The molecule has 106 valence electrons. The molecule has 0 aliphatic rings. The highest BCUT2D eigenvalue weighted by Gasteiger charge is 2.20. The predicted molar refractivity (Wildman–Crippen MR) is 75.7 cm³/mol. The van der Waals surface area contributed by atoms with E-state index in [1.165, 1.54) is 0 Å². The minimum absolute atomic E-state index is 0.284. The van der Waals surface area contributed by atoms with Crippen molar-refractivity contribution in [3.8, 4) is 5.75 Å². The van der Waals surface area contributed by atoms with Gasteiger partial charge in [-0.3, -0.25) is 0 Å². The van der Waals surface area contributed by atoms with Gasteiger partial charge in [0.05, 0.1) is 12.2 Å². The number of rotatable bonds is 4. The van der Waals surface area contributed by atoms with E-state index in [2.05, 4.69) is 15.9 Å². The summed E-state index contributed by atoms with van der Waals surface area (Å²) >= 11 is 3.00. The van der Waals surface area contributed by atoms with E-state index in [4.69, 9.17) is 4.74 Å². The molecular formula is C15H13BrF2O2. The maximum absolute atomic E-state index is 13.8. The van der Waals surface area contributed by atoms with Gasteiger partial charge in [0, 0.05) is 4.47 Å². The lowest BCUT2D eigenvalue weighted by Crippen LogP contribution is -2.06. The first-order valence-electron chi connectivity index (χ1n) is 6.08. The van der Waals surface area contributed by atoms with Crippen molar-refractivity contribution in [1.29, 1.82) is 0 Å². The number of aliphatic hydroxyl groups excluding tert-OH is 1. The van der Waals surface area contributed by atoms with Gasteiger partial charge in [-0.15, -0.1) is 0 Å². The Balaban J connectivity index is 2.41. The predicted octanol–water partition coefficient (Wildman–Crippen LogP) is 4.21. The van der Waals surface area contributed by atoms with Crippen LogP contribution in [0.2, 0.25) is 0 Å². The first-order valence-corrected chi connectivity index (χ1v) is 6.87. The summed E-state index contributed by atoms with van der Waals surface area (Å²) in [5.41, 5.74) is -0.00193. The van der Waals surface area contributed by atoms with Gasteiger partial charge in [0.1, 0.15) is 23.5 Å². The molecule has 0 aliphatic heterocycles. The fourth-order valence-corrected chi connectivity index (χ4v) is 2.32. The smallest absolute Gasteiger partial charge is 0.133 e. The summed E-state index contributed by atoms with van der Waals surface area (Å²) in [7, 11) is 0. The molecule has 20 heavy (non-hydrogen) atoms. The Bertz CT molecular complexity index is 594. The van der Waals surface area contributed by atoms with Crippen LogP contribution in [0.25, 0.3) is 0 Å². The van der Waals surface area contributed by atoms with E-state index < -0.39 is 17.7 Å². The average molecular weight is 343 g/mol. The lowest BCUT2D eigenvalue weighted by Gasteiger charge is -2.15. The van der Waals surface area contributed by atoms with E-state index >= 15 is 0 Å². The van der Waals surface area contributed by atoms with Crippen molar-refractivity contribution in [1.82, 2.24) is 0 Å². The molecule has 0 radical (unpaired) electrons. The quantitative estimate of drug-likeness (QED) is 0.901. The van der Waals surface area contributed by atoms with Gasteiger partial charge in [0.25, 0.3) is 0 Å². The summed E-state index contributed by atoms with van der Waals surface area (Å²) in [5, 5.41) is 10.2. The molecule has 0 saturated carbocycles. The van der Waals surface area contributed by atoms with Crippen LogP contribution in [0.5, 0.6) is 5.75 Å². The molecule has 2 nitrogen and oxygen atoms in total. The molecular weight excluding hydrogens is 330 g/mol. The fourth-order valence-electron chi connectivity index (χ4n) is 1.92. The lowest BCUT2D eigenvalue weighted by molar-refractivity contribution is 0.208. The number of aliphatic hydroxyl groups is 1. The van der Waals surface area contributed by atoms with Crippen molar-refractivity contribution in [2.75, 3.05) is 6.61 Å². The number of ether oxygens (including phenoxy) is 1. The van der Waals surface area contributed by atoms with E-state index in [9.17, 15) is 13.9 Å². The largest absolute Gasteiger partial charge is 0.494 e. The summed E-state index contributed by atoms with van der Waals surface area (Å²) in [6.45, 7) is 2.30. The Hall–Kier alpha value is -1.46. The highest BCUT2D eigenvalue weighted by molar-refractivity contribution is 9.10. The normalized spacial score (nSPS) is 12.2. The molecule has 0 heterocycles. The summed E-state index contributed by atoms with van der Waals surface area (Å²) in [4.78, 5) is 0. The Labute approximate surface area is 124 Å². The van der Waals surface area contributed by atoms with E-state index in [1.807, 2.05) is 6.92 Å². The summed E-state index contributed by atoms with van der Waals surface area (Å²) in [6, 6.07) is 8.78. The average Bonchev–Trinajstić information content (AvgIpc) is 2.38. The van der Waals surface area contributed by atoms with Crippen molar-refractivity contribution < 1.29 is 18.6 Å². The first kappa shape index (κ1) is 14.9. The second-order valence-corrected chi connectivity index (χ2v) is 5.11. The minimum Gasteiger partial charge on any atom is -0.494 e. The number of benzene rings is 2. The number of hydrogen-bond donors (Lipinski definition) is 1. The number of halogens is 3. The van der Waals surface area contributed by atoms with Gasteiger partial charge < -0.3 is 9.84 Å². The SMILES string of the molecule is CCOc1cccc(C(O)c2c(F)cc(Br)cc2F)c1. The van der Waals surface area contributed by atoms with Gasteiger partial charge in [0.2, 0.25) is 0 Å². The summed E-state index contributed by atoms with van der Waals surface area (Å²) in [5.74, 6) is -1.06. The minimum atomic E-state index is -1.39. The Kier molecular flexibility index (Phi) is 4.73. The first-order chi connectivity index (χ1) is 9.52. The Morgan fingerprint density at radius 1 is 1.20 bits per heavy atom. The fraction of sp³-hybridized carbons (Fsp3) is 0.200. The Morgan fingerprint density at radius 3 is 2.45 bits per heavy atom. The highest BCUT2D eigenvalue weighted by Crippen LogP contribution is 2.30. The van der Waals surface area contributed by atoms with Gasteiger partial charge in [0.15, 0.2) is 0 Å². The van der Waals surface area contributed by atoms with Crippen molar-refractivity contribution in [2.24, 2.45) is 0 Å². The van der Waals surface area contributed by atoms with Gasteiger partial charge in [-0.1, -0.05) is 28.1 Å². The molecule has 0 saturated heterocycles. The molecule has 2 aromatic carbocycles. The Morgan fingerprint density at radius 2 is 1.85 bits per heavy atom. The maximum atomic E-state index is 13.8. The third-order valence-electron chi connectivity index (χ3n) is 2.80. The van der Waals surface area contributed by atoms with Crippen LogP contribution in [0.1, 0.15) is 24.2 Å². The molecule has 0 aromatic heterocycles. The van der Waals surface area contributed by atoms with Crippen LogP contribution < -0.4 is 4.74 Å². The van der Waals surface area contributed by atoms with Crippen molar-refractivity contribution >= 4 is 15.9 Å². The van der Waals surface area contributed by atoms with Gasteiger partial charge in [-0.2, -0.15) is 0 Å². The molecule has 0 aliphatic carbocycles. The van der Waals surface area contributed by atoms with Crippen LogP contribution in [0.3, 0.4) is 0 Å². The zero-order valence-electron chi connectivity index (χ0n) is 10.7. The van der Waals surface area contributed by atoms with Crippen molar-refractivity contribution in [3.05, 3.63) is 63.6 Å².